The highest BCUT2D eigenvalue weighted by atomic mass is 32.2. The fourth-order valence-corrected chi connectivity index (χ4v) is 5.14. The molecule has 0 aliphatic carbocycles. The molecular weight excluding hydrogens is 312 g/mol. The lowest BCUT2D eigenvalue weighted by Crippen LogP contribution is -2.46. The highest BCUT2D eigenvalue weighted by Gasteiger charge is 2.32. The highest BCUT2D eigenvalue weighted by molar-refractivity contribution is 7.89. The van der Waals surface area contributed by atoms with E-state index in [1.807, 2.05) is 6.07 Å². The first kappa shape index (κ1) is 16.9. The van der Waals surface area contributed by atoms with Crippen LogP contribution in [0.5, 0.6) is 0 Å². The topological polar surface area (TPSA) is 49.9 Å². The van der Waals surface area contributed by atoms with Gasteiger partial charge in [-0.2, -0.15) is 4.31 Å². The summed E-state index contributed by atoms with van der Waals surface area (Å²) in [6.07, 6.45) is 4.02. The molecule has 0 N–H and O–H groups in total. The van der Waals surface area contributed by atoms with Gasteiger partial charge in [0, 0.05) is 32.3 Å². The number of sulfonamides is 1. The first-order chi connectivity index (χ1) is 11.2. The number of nitrogens with zero attached hydrogens (tertiary/aromatic N) is 2. The number of rotatable bonds is 6. The Morgan fingerprint density at radius 2 is 1.74 bits per heavy atom. The summed E-state index contributed by atoms with van der Waals surface area (Å²) >= 11 is 0. The van der Waals surface area contributed by atoms with Gasteiger partial charge in [0.2, 0.25) is 10.0 Å². The van der Waals surface area contributed by atoms with Crippen LogP contribution < -0.4 is 0 Å². The van der Waals surface area contributed by atoms with Gasteiger partial charge >= 0.3 is 0 Å². The fourth-order valence-electron chi connectivity index (χ4n) is 3.45. The normalized spacial score (nSPS) is 21.1. The summed E-state index contributed by atoms with van der Waals surface area (Å²) in [5, 5.41) is 0. The lowest BCUT2D eigenvalue weighted by molar-refractivity contribution is 0.0568. The molecule has 2 aliphatic rings. The molecule has 1 aromatic carbocycles. The second-order valence-corrected chi connectivity index (χ2v) is 8.21. The summed E-state index contributed by atoms with van der Waals surface area (Å²) in [6.45, 7) is 4.87. The van der Waals surface area contributed by atoms with E-state index < -0.39 is 10.0 Å². The third-order valence-corrected chi connectivity index (χ3v) is 6.75. The van der Waals surface area contributed by atoms with Crippen LogP contribution in [0.3, 0.4) is 0 Å². The van der Waals surface area contributed by atoms with Crippen LogP contribution in [0.1, 0.15) is 25.7 Å². The molecule has 0 bridgehead atoms. The van der Waals surface area contributed by atoms with Crippen molar-refractivity contribution < 1.29 is 13.2 Å². The maximum atomic E-state index is 13.1. The molecular formula is C17H26N2O3S. The summed E-state index contributed by atoms with van der Waals surface area (Å²) in [5.41, 5.74) is 0. The third kappa shape index (κ3) is 4.12. The average molecular weight is 338 g/mol. The van der Waals surface area contributed by atoms with Gasteiger partial charge in [-0.05, 0) is 50.9 Å². The highest BCUT2D eigenvalue weighted by Crippen LogP contribution is 2.23. The fraction of sp³-hybridized carbons (Fsp3) is 0.647. The van der Waals surface area contributed by atoms with Crippen LogP contribution in [0.25, 0.3) is 0 Å². The van der Waals surface area contributed by atoms with Gasteiger partial charge in [0.05, 0.1) is 4.90 Å². The van der Waals surface area contributed by atoms with Crippen LogP contribution in [0, 0.1) is 0 Å². The second kappa shape index (κ2) is 7.75. The van der Waals surface area contributed by atoms with E-state index in [4.69, 9.17) is 4.74 Å². The van der Waals surface area contributed by atoms with Gasteiger partial charge in [-0.1, -0.05) is 18.2 Å². The van der Waals surface area contributed by atoms with Gasteiger partial charge in [-0.3, -0.25) is 0 Å². The lowest BCUT2D eigenvalue weighted by atomic mass is 10.1. The second-order valence-electron chi connectivity index (χ2n) is 6.32. The molecule has 6 heteroatoms. The van der Waals surface area contributed by atoms with Crippen molar-refractivity contribution in [2.24, 2.45) is 0 Å². The van der Waals surface area contributed by atoms with Crippen LogP contribution in [0.2, 0.25) is 0 Å². The number of hydrogen-bond acceptors (Lipinski definition) is 4. The Balaban J connectivity index is 1.78. The van der Waals surface area contributed by atoms with Crippen LogP contribution in [0.4, 0.5) is 0 Å². The predicted octanol–water partition coefficient (Wildman–Crippen LogP) is 1.95. The SMILES string of the molecule is O=S(=O)(c1ccccc1)N(CCN1CCCC1)C1CCOCC1. The number of ether oxygens (including phenoxy) is 1. The average Bonchev–Trinajstić information content (AvgIpc) is 3.10. The van der Waals surface area contributed by atoms with E-state index in [0.717, 1.165) is 32.5 Å². The van der Waals surface area contributed by atoms with E-state index in [9.17, 15) is 8.42 Å². The molecule has 0 amide bonds. The van der Waals surface area contributed by atoms with E-state index in [0.29, 0.717) is 24.7 Å². The van der Waals surface area contributed by atoms with E-state index >= 15 is 0 Å². The zero-order valence-corrected chi connectivity index (χ0v) is 14.4. The maximum absolute atomic E-state index is 13.1. The van der Waals surface area contributed by atoms with Crippen molar-refractivity contribution in [2.45, 2.75) is 36.6 Å². The smallest absolute Gasteiger partial charge is 0.243 e. The quantitative estimate of drug-likeness (QED) is 0.795. The zero-order valence-electron chi connectivity index (χ0n) is 13.6. The molecule has 2 saturated heterocycles. The summed E-state index contributed by atoms with van der Waals surface area (Å²) in [6, 6.07) is 8.86. The largest absolute Gasteiger partial charge is 0.381 e. The summed E-state index contributed by atoms with van der Waals surface area (Å²) in [5.74, 6) is 0. The molecule has 0 atom stereocenters. The minimum atomic E-state index is -3.44. The van der Waals surface area contributed by atoms with Crippen molar-refractivity contribution >= 4 is 10.0 Å². The van der Waals surface area contributed by atoms with Crippen molar-refractivity contribution in [2.75, 3.05) is 39.4 Å². The van der Waals surface area contributed by atoms with E-state index in [-0.39, 0.29) is 6.04 Å². The van der Waals surface area contributed by atoms with Crippen molar-refractivity contribution in [3.05, 3.63) is 30.3 Å². The predicted molar refractivity (Wildman–Crippen MR) is 89.8 cm³/mol. The molecule has 2 aliphatic heterocycles. The van der Waals surface area contributed by atoms with E-state index in [1.54, 1.807) is 28.6 Å². The zero-order chi connectivity index (χ0) is 16.1. The Hall–Kier alpha value is -0.950. The Morgan fingerprint density at radius 3 is 2.39 bits per heavy atom. The molecule has 0 aromatic heterocycles. The molecule has 0 saturated carbocycles. The minimum Gasteiger partial charge on any atom is -0.381 e. The summed E-state index contributed by atoms with van der Waals surface area (Å²) in [4.78, 5) is 2.76. The molecule has 0 radical (unpaired) electrons. The third-order valence-electron chi connectivity index (χ3n) is 4.78. The van der Waals surface area contributed by atoms with Gasteiger partial charge in [-0.25, -0.2) is 8.42 Å². The van der Waals surface area contributed by atoms with Crippen molar-refractivity contribution in [3.8, 4) is 0 Å². The van der Waals surface area contributed by atoms with Gasteiger partial charge < -0.3 is 9.64 Å². The Morgan fingerprint density at radius 1 is 1.09 bits per heavy atom. The molecule has 23 heavy (non-hydrogen) atoms. The molecule has 2 fully saturated rings. The monoisotopic (exact) mass is 338 g/mol. The van der Waals surface area contributed by atoms with Crippen LogP contribution in [-0.2, 0) is 14.8 Å². The Labute approximate surface area is 139 Å². The molecule has 5 nitrogen and oxygen atoms in total. The Bertz CT molecular complexity index is 579. The van der Waals surface area contributed by atoms with Crippen LogP contribution in [-0.4, -0.2) is 63.1 Å². The van der Waals surface area contributed by atoms with Crippen molar-refractivity contribution in [1.82, 2.24) is 9.21 Å². The van der Waals surface area contributed by atoms with Gasteiger partial charge in [-0.15, -0.1) is 0 Å². The number of benzene rings is 1. The Kier molecular flexibility index (Phi) is 5.69. The standard InChI is InChI=1S/C17H26N2O3S/c20-23(21,17-6-2-1-3-7-17)19(16-8-14-22-15-9-16)13-12-18-10-4-5-11-18/h1-3,6-7,16H,4-5,8-15H2. The summed E-state index contributed by atoms with van der Waals surface area (Å²) in [7, 11) is -3.44. The first-order valence-corrected chi connectivity index (χ1v) is 9.99. The number of likely N-dealkylation sites (tertiary alicyclic amines) is 1. The first-order valence-electron chi connectivity index (χ1n) is 8.55. The van der Waals surface area contributed by atoms with E-state index in [2.05, 4.69) is 4.90 Å². The molecule has 3 rings (SSSR count). The van der Waals surface area contributed by atoms with Crippen molar-refractivity contribution in [1.29, 1.82) is 0 Å². The molecule has 0 spiro atoms. The summed E-state index contributed by atoms with van der Waals surface area (Å²) < 4.78 is 33.3. The molecule has 128 valence electrons. The molecule has 0 unspecified atom stereocenters. The van der Waals surface area contributed by atoms with E-state index in [1.165, 1.54) is 12.8 Å². The number of hydrogen-bond donors (Lipinski definition) is 0. The maximum Gasteiger partial charge on any atom is 0.243 e. The van der Waals surface area contributed by atoms with Crippen LogP contribution in [0.15, 0.2) is 35.2 Å². The van der Waals surface area contributed by atoms with Gasteiger partial charge in [0.15, 0.2) is 0 Å². The molecule has 2 heterocycles. The minimum absolute atomic E-state index is 0.0524. The van der Waals surface area contributed by atoms with Crippen LogP contribution >= 0.6 is 0 Å². The van der Waals surface area contributed by atoms with Gasteiger partial charge in [0.25, 0.3) is 0 Å². The van der Waals surface area contributed by atoms with Crippen molar-refractivity contribution in [3.63, 3.8) is 0 Å². The molecule has 1 aromatic rings. The van der Waals surface area contributed by atoms with Gasteiger partial charge in [0.1, 0.15) is 0 Å². The lowest BCUT2D eigenvalue weighted by Gasteiger charge is -2.34.